The minimum absolute atomic E-state index is 0.0816. The Morgan fingerprint density at radius 3 is 2.08 bits per heavy atom. The number of carboxylic acid groups (broad SMARTS) is 1. The van der Waals surface area contributed by atoms with E-state index in [4.69, 9.17) is 19.9 Å². The number of esters is 2. The van der Waals surface area contributed by atoms with E-state index in [9.17, 15) is 24.3 Å². The second-order valence-electron chi connectivity index (χ2n) is 7.74. The molecule has 0 aliphatic heterocycles. The summed E-state index contributed by atoms with van der Waals surface area (Å²) < 4.78 is 19.9. The second-order valence-corrected chi connectivity index (χ2v) is 7.74. The van der Waals surface area contributed by atoms with E-state index in [-0.39, 0.29) is 13.0 Å². The number of rotatable bonds is 12. The topological polar surface area (TPSA) is 155 Å². The Bertz CT molecular complexity index is 1070. The maximum absolute atomic E-state index is 13.8. The zero-order valence-electron chi connectivity index (χ0n) is 20.5. The highest BCUT2D eigenvalue weighted by molar-refractivity contribution is 6.03. The summed E-state index contributed by atoms with van der Waals surface area (Å²) in [5.74, 6) is -5.51. The summed E-state index contributed by atoms with van der Waals surface area (Å²) in [5.41, 5.74) is 6.96. The molecule has 2 rings (SSSR count). The molecule has 0 saturated heterocycles. The number of amides is 1. The molecule has 0 aromatic heterocycles. The van der Waals surface area contributed by atoms with Crippen LogP contribution in [0.5, 0.6) is 11.5 Å². The Balaban J connectivity index is 2.62. The fourth-order valence-corrected chi connectivity index (χ4v) is 3.65. The number of benzene rings is 2. The number of nitrogens with two attached hydrogens (primary N) is 1. The molecule has 0 radical (unpaired) electrons. The van der Waals surface area contributed by atoms with E-state index in [0.29, 0.717) is 22.6 Å². The smallest absolute Gasteiger partial charge is 0.326 e. The van der Waals surface area contributed by atoms with Crippen LogP contribution in [-0.4, -0.2) is 74.3 Å². The van der Waals surface area contributed by atoms with Gasteiger partial charge >= 0.3 is 17.9 Å². The Kier molecular flexibility index (Phi) is 10.2. The van der Waals surface area contributed by atoms with Gasteiger partial charge in [-0.1, -0.05) is 30.3 Å². The number of nitrogens with zero attached hydrogens (tertiary/aromatic N) is 1. The molecule has 0 saturated carbocycles. The van der Waals surface area contributed by atoms with Crippen molar-refractivity contribution in [2.24, 2.45) is 11.7 Å². The van der Waals surface area contributed by atoms with Crippen LogP contribution in [0.1, 0.15) is 11.1 Å². The van der Waals surface area contributed by atoms with Crippen LogP contribution in [0.3, 0.4) is 0 Å². The summed E-state index contributed by atoms with van der Waals surface area (Å²) in [7, 11) is 4.96. The van der Waals surface area contributed by atoms with Crippen LogP contribution < -0.4 is 15.2 Å². The molecule has 2 aromatic carbocycles. The molecule has 3 unspecified atom stereocenters. The Labute approximate surface area is 208 Å². The molecule has 0 aliphatic rings. The van der Waals surface area contributed by atoms with Crippen LogP contribution >= 0.6 is 0 Å². The van der Waals surface area contributed by atoms with Crippen LogP contribution in [0.15, 0.2) is 48.5 Å². The van der Waals surface area contributed by atoms with Gasteiger partial charge in [-0.3, -0.25) is 14.4 Å². The predicted octanol–water partition coefficient (Wildman–Crippen LogP) is 1.02. The largest absolute Gasteiger partial charge is 0.497 e. The third-order valence-corrected chi connectivity index (χ3v) is 5.60. The summed E-state index contributed by atoms with van der Waals surface area (Å²) in [6.45, 7) is -0.281. The number of ether oxygens (including phenoxy) is 4. The van der Waals surface area contributed by atoms with E-state index < -0.39 is 41.8 Å². The van der Waals surface area contributed by atoms with Gasteiger partial charge in [0.1, 0.15) is 23.6 Å². The Morgan fingerprint density at radius 2 is 1.56 bits per heavy atom. The van der Waals surface area contributed by atoms with Crippen LogP contribution in [-0.2, 0) is 41.6 Å². The Morgan fingerprint density at radius 1 is 0.917 bits per heavy atom. The summed E-state index contributed by atoms with van der Waals surface area (Å²) >= 11 is 0. The fourth-order valence-electron chi connectivity index (χ4n) is 3.65. The molecule has 0 aliphatic carbocycles. The minimum atomic E-state index is -1.84. The van der Waals surface area contributed by atoms with Crippen molar-refractivity contribution in [3.8, 4) is 11.5 Å². The number of hydrogen-bond donors (Lipinski definition) is 2. The highest BCUT2D eigenvalue weighted by Crippen LogP contribution is 2.28. The molecule has 0 heterocycles. The van der Waals surface area contributed by atoms with E-state index in [1.807, 2.05) is 0 Å². The first kappa shape index (κ1) is 28.1. The van der Waals surface area contributed by atoms with Crippen molar-refractivity contribution in [3.05, 3.63) is 59.7 Å². The van der Waals surface area contributed by atoms with Crippen LogP contribution in [0.2, 0.25) is 0 Å². The average Bonchev–Trinajstić information content (AvgIpc) is 2.90. The second kappa shape index (κ2) is 13.1. The molecule has 11 heteroatoms. The minimum Gasteiger partial charge on any atom is -0.497 e. The summed E-state index contributed by atoms with van der Waals surface area (Å²) in [6.07, 6.45) is -0.0816. The number of carbonyl (C=O) groups excluding carboxylic acids is 3. The number of hydrogen-bond acceptors (Lipinski definition) is 9. The first-order valence-electron chi connectivity index (χ1n) is 10.9. The first-order chi connectivity index (χ1) is 17.2. The van der Waals surface area contributed by atoms with E-state index in [1.165, 1.54) is 14.2 Å². The molecule has 36 heavy (non-hydrogen) atoms. The molecule has 3 atom stereocenters. The normalized spacial score (nSPS) is 13.0. The van der Waals surface area contributed by atoms with Crippen molar-refractivity contribution >= 4 is 23.8 Å². The standard InChI is InChI=1S/C25H30N2O9/c1-33-17-11-10-16(19(13-17)34-2)14-27(18(23(29)30)12-15-8-6-5-7-9-15)22(28)20(24(31)35-3)21(26)25(32)36-4/h5-11,13,18,20-21H,12,14,26H2,1-4H3,(H,29,30). The summed E-state index contributed by atoms with van der Waals surface area (Å²) in [5, 5.41) is 10.1. The highest BCUT2D eigenvalue weighted by Gasteiger charge is 2.44. The third kappa shape index (κ3) is 6.72. The van der Waals surface area contributed by atoms with Crippen LogP contribution in [0, 0.1) is 5.92 Å². The van der Waals surface area contributed by atoms with Gasteiger partial charge in [0.2, 0.25) is 5.91 Å². The number of carbonyl (C=O) groups is 4. The first-order valence-corrected chi connectivity index (χ1v) is 10.9. The lowest BCUT2D eigenvalue weighted by Gasteiger charge is -2.33. The molecule has 11 nitrogen and oxygen atoms in total. The molecule has 0 bridgehead atoms. The van der Waals surface area contributed by atoms with Gasteiger partial charge in [-0.05, 0) is 17.7 Å². The van der Waals surface area contributed by atoms with Gasteiger partial charge in [-0.25, -0.2) is 4.79 Å². The van der Waals surface area contributed by atoms with Crippen molar-refractivity contribution in [1.82, 2.24) is 4.90 Å². The SMILES string of the molecule is COC(=O)C(N)C(C(=O)OC)C(=O)N(Cc1ccc(OC)cc1OC)C(Cc1ccccc1)C(=O)O. The van der Waals surface area contributed by atoms with Crippen molar-refractivity contribution in [3.63, 3.8) is 0 Å². The van der Waals surface area contributed by atoms with Gasteiger partial charge < -0.3 is 34.7 Å². The lowest BCUT2D eigenvalue weighted by atomic mass is 9.95. The van der Waals surface area contributed by atoms with E-state index in [2.05, 4.69) is 4.74 Å². The average molecular weight is 503 g/mol. The monoisotopic (exact) mass is 502 g/mol. The number of carboxylic acids is 1. The fraction of sp³-hybridized carbons (Fsp3) is 0.360. The van der Waals surface area contributed by atoms with Crippen molar-refractivity contribution in [1.29, 1.82) is 0 Å². The Hall–Kier alpha value is -4.12. The van der Waals surface area contributed by atoms with Crippen LogP contribution in [0.4, 0.5) is 0 Å². The lowest BCUT2D eigenvalue weighted by molar-refractivity contribution is -0.164. The summed E-state index contributed by atoms with van der Waals surface area (Å²) in [6, 6.07) is 10.3. The van der Waals surface area contributed by atoms with Crippen molar-refractivity contribution < 1.29 is 43.2 Å². The van der Waals surface area contributed by atoms with E-state index >= 15 is 0 Å². The van der Waals surface area contributed by atoms with E-state index in [0.717, 1.165) is 19.1 Å². The molecule has 1 amide bonds. The number of methoxy groups -OCH3 is 4. The van der Waals surface area contributed by atoms with Gasteiger partial charge in [-0.15, -0.1) is 0 Å². The highest BCUT2D eigenvalue weighted by atomic mass is 16.5. The zero-order valence-corrected chi connectivity index (χ0v) is 20.5. The van der Waals surface area contributed by atoms with Gasteiger partial charge in [0.15, 0.2) is 5.92 Å². The third-order valence-electron chi connectivity index (χ3n) is 5.60. The van der Waals surface area contributed by atoms with Gasteiger partial charge in [0.05, 0.1) is 35.0 Å². The van der Waals surface area contributed by atoms with Gasteiger partial charge in [-0.2, -0.15) is 0 Å². The van der Waals surface area contributed by atoms with Crippen LogP contribution in [0.25, 0.3) is 0 Å². The zero-order chi connectivity index (χ0) is 26.8. The molecule has 0 fully saturated rings. The predicted molar refractivity (Wildman–Crippen MR) is 127 cm³/mol. The molecular formula is C25H30N2O9. The van der Waals surface area contributed by atoms with Crippen molar-refractivity contribution in [2.45, 2.75) is 25.0 Å². The maximum atomic E-state index is 13.8. The van der Waals surface area contributed by atoms with Gasteiger partial charge in [0.25, 0.3) is 0 Å². The maximum Gasteiger partial charge on any atom is 0.326 e. The van der Waals surface area contributed by atoms with Gasteiger partial charge in [0, 0.05) is 18.1 Å². The van der Waals surface area contributed by atoms with E-state index in [1.54, 1.807) is 48.5 Å². The molecule has 0 spiro atoms. The lowest BCUT2D eigenvalue weighted by Crippen LogP contribution is -2.55. The quantitative estimate of drug-likeness (QED) is 0.317. The number of aliphatic carboxylic acids is 1. The van der Waals surface area contributed by atoms with Crippen molar-refractivity contribution in [2.75, 3.05) is 28.4 Å². The molecule has 194 valence electrons. The molecule has 3 N–H and O–H groups in total. The molecular weight excluding hydrogens is 472 g/mol. The molecule has 2 aromatic rings. The summed E-state index contributed by atoms with van der Waals surface area (Å²) in [4.78, 5) is 51.9.